The Bertz CT molecular complexity index is 106. The van der Waals surface area contributed by atoms with Crippen molar-refractivity contribution >= 4 is 18.4 Å². The molecule has 5 heteroatoms. The van der Waals surface area contributed by atoms with Crippen molar-refractivity contribution in [2.75, 3.05) is 0 Å². The van der Waals surface area contributed by atoms with Crippen LogP contribution in [0.2, 0.25) is 0 Å². The fraction of sp³-hybridized carbons (Fsp3) is 0.400. The van der Waals surface area contributed by atoms with Crippen molar-refractivity contribution in [2.45, 2.75) is 13.3 Å². The van der Waals surface area contributed by atoms with Crippen LogP contribution >= 0.6 is 12.4 Å². The molecule has 0 aliphatic rings. The summed E-state index contributed by atoms with van der Waals surface area (Å²) in [7, 11) is 0. The van der Waals surface area contributed by atoms with Gasteiger partial charge in [-0.1, -0.05) is 13.5 Å². The lowest BCUT2D eigenvalue weighted by Crippen LogP contribution is -1.95. The van der Waals surface area contributed by atoms with E-state index < -0.39 is 5.97 Å². The molecule has 0 radical (unpaired) electrons. The standard InChI is InChI=1S/C5H8O2.ClH.2H3N/c1-3-4(2)5(6)7;;;/h2-3H2,1H3,(H,6,7);1H;2*1H3. The molecule has 7 N–H and O–H groups in total. The predicted molar refractivity (Wildman–Crippen MR) is 44.4 cm³/mol. The van der Waals surface area contributed by atoms with E-state index in [2.05, 4.69) is 6.58 Å². The summed E-state index contributed by atoms with van der Waals surface area (Å²) in [5, 5.41) is 8.08. The molecule has 0 unspecified atom stereocenters. The van der Waals surface area contributed by atoms with E-state index in [1.165, 1.54) is 0 Å². The lowest BCUT2D eigenvalue weighted by Gasteiger charge is -1.87. The van der Waals surface area contributed by atoms with Gasteiger partial charge in [0, 0.05) is 5.57 Å². The smallest absolute Gasteiger partial charge is 0.330 e. The minimum absolute atomic E-state index is 0. The molecule has 0 aromatic rings. The van der Waals surface area contributed by atoms with Crippen LogP contribution in [0.3, 0.4) is 0 Å². The molecule has 0 aliphatic heterocycles. The van der Waals surface area contributed by atoms with Crippen molar-refractivity contribution in [2.24, 2.45) is 0 Å². The Kier molecular flexibility index (Phi) is 25.6. The van der Waals surface area contributed by atoms with Gasteiger partial charge in [0.15, 0.2) is 0 Å². The summed E-state index contributed by atoms with van der Waals surface area (Å²) in [6, 6.07) is 0. The van der Waals surface area contributed by atoms with Gasteiger partial charge in [-0.25, -0.2) is 4.79 Å². The molecule has 0 atom stereocenters. The van der Waals surface area contributed by atoms with Crippen LogP contribution in [-0.2, 0) is 4.79 Å². The summed E-state index contributed by atoms with van der Waals surface area (Å²) in [4.78, 5) is 9.83. The minimum atomic E-state index is -0.900. The Balaban J connectivity index is -0.0000000600. The van der Waals surface area contributed by atoms with E-state index in [0.29, 0.717) is 6.42 Å². The zero-order valence-electron chi connectivity index (χ0n) is 6.09. The number of rotatable bonds is 2. The van der Waals surface area contributed by atoms with Crippen molar-refractivity contribution in [3.63, 3.8) is 0 Å². The van der Waals surface area contributed by atoms with E-state index in [9.17, 15) is 4.79 Å². The normalized spacial score (nSPS) is 5.70. The highest BCUT2D eigenvalue weighted by atomic mass is 35.5. The molecule has 64 valence electrons. The first-order valence-electron chi connectivity index (χ1n) is 2.09. The molecule has 0 aliphatic carbocycles. The Morgan fingerprint density at radius 2 is 1.80 bits per heavy atom. The molecule has 4 nitrogen and oxygen atoms in total. The van der Waals surface area contributed by atoms with Crippen molar-refractivity contribution in [3.8, 4) is 0 Å². The largest absolute Gasteiger partial charge is 0.478 e. The monoisotopic (exact) mass is 170 g/mol. The second kappa shape index (κ2) is 11.2. The summed E-state index contributed by atoms with van der Waals surface area (Å²) in [5.41, 5.74) is 0.264. The fourth-order valence-corrected chi connectivity index (χ4v) is 0.151. The zero-order valence-corrected chi connectivity index (χ0v) is 6.91. The first-order chi connectivity index (χ1) is 3.18. The molecule has 0 amide bonds. The molecule has 0 bridgehead atoms. The van der Waals surface area contributed by atoms with Gasteiger partial charge in [0.1, 0.15) is 0 Å². The van der Waals surface area contributed by atoms with Crippen LogP contribution in [0.5, 0.6) is 0 Å². The Hall–Kier alpha value is -0.580. The molecule has 10 heavy (non-hydrogen) atoms. The van der Waals surface area contributed by atoms with Gasteiger partial charge in [0.2, 0.25) is 0 Å². The van der Waals surface area contributed by atoms with Crippen LogP contribution in [0.4, 0.5) is 0 Å². The van der Waals surface area contributed by atoms with Gasteiger partial charge in [-0.2, -0.15) is 0 Å². The maximum atomic E-state index is 9.83. The van der Waals surface area contributed by atoms with Crippen molar-refractivity contribution < 1.29 is 9.90 Å². The summed E-state index contributed by atoms with van der Waals surface area (Å²) in [6.07, 6.45) is 0.523. The van der Waals surface area contributed by atoms with Crippen molar-refractivity contribution in [1.82, 2.24) is 12.3 Å². The zero-order chi connectivity index (χ0) is 5.86. The number of hydrogen-bond donors (Lipinski definition) is 3. The molecule has 0 saturated heterocycles. The second-order valence-corrected chi connectivity index (χ2v) is 1.26. The summed E-state index contributed by atoms with van der Waals surface area (Å²) >= 11 is 0. The number of aliphatic carboxylic acids is 1. The Morgan fingerprint density at radius 3 is 1.80 bits per heavy atom. The molecule has 0 saturated carbocycles. The van der Waals surface area contributed by atoms with Gasteiger partial charge in [-0.15, -0.1) is 12.4 Å². The Labute approximate surface area is 66.9 Å². The van der Waals surface area contributed by atoms with Gasteiger partial charge in [0.25, 0.3) is 0 Å². The van der Waals surface area contributed by atoms with E-state index in [1.54, 1.807) is 6.92 Å². The highest BCUT2D eigenvalue weighted by Crippen LogP contribution is 1.93. The Morgan fingerprint density at radius 1 is 1.50 bits per heavy atom. The summed E-state index contributed by atoms with van der Waals surface area (Å²) in [5.74, 6) is -0.900. The number of carbonyl (C=O) groups is 1. The van der Waals surface area contributed by atoms with Gasteiger partial charge in [-0.3, -0.25) is 0 Å². The molecule has 0 heterocycles. The highest BCUT2D eigenvalue weighted by Gasteiger charge is 1.96. The quantitative estimate of drug-likeness (QED) is 0.549. The second-order valence-electron chi connectivity index (χ2n) is 1.26. The van der Waals surface area contributed by atoms with Crippen LogP contribution < -0.4 is 12.3 Å². The number of carboxylic acids is 1. The molecule has 0 fully saturated rings. The van der Waals surface area contributed by atoms with Crippen LogP contribution in [0, 0.1) is 0 Å². The van der Waals surface area contributed by atoms with Crippen LogP contribution in [0.1, 0.15) is 13.3 Å². The van der Waals surface area contributed by atoms with Crippen LogP contribution in [0.25, 0.3) is 0 Å². The van der Waals surface area contributed by atoms with E-state index in [1.807, 2.05) is 0 Å². The average Bonchev–Trinajstić information content (AvgIpc) is 1.65. The van der Waals surface area contributed by atoms with Crippen LogP contribution in [-0.4, -0.2) is 11.1 Å². The number of halogens is 1. The highest BCUT2D eigenvalue weighted by molar-refractivity contribution is 5.85. The van der Waals surface area contributed by atoms with Gasteiger partial charge in [-0.05, 0) is 6.42 Å². The number of hydrogen-bond acceptors (Lipinski definition) is 3. The fourth-order valence-electron chi connectivity index (χ4n) is 0.151. The molecular formula is C5H15ClN2O2. The van der Waals surface area contributed by atoms with Crippen molar-refractivity contribution in [1.29, 1.82) is 0 Å². The summed E-state index contributed by atoms with van der Waals surface area (Å²) < 4.78 is 0. The van der Waals surface area contributed by atoms with E-state index in [4.69, 9.17) is 5.11 Å². The van der Waals surface area contributed by atoms with E-state index in [0.717, 1.165) is 0 Å². The molecule has 0 rings (SSSR count). The average molecular weight is 171 g/mol. The van der Waals surface area contributed by atoms with E-state index in [-0.39, 0.29) is 30.3 Å². The van der Waals surface area contributed by atoms with E-state index >= 15 is 0 Å². The third-order valence-electron chi connectivity index (χ3n) is 0.729. The lowest BCUT2D eigenvalue weighted by molar-refractivity contribution is -0.132. The molecule has 0 aromatic heterocycles. The third-order valence-corrected chi connectivity index (χ3v) is 0.729. The first-order valence-corrected chi connectivity index (χ1v) is 2.09. The molecular weight excluding hydrogens is 156 g/mol. The first kappa shape index (κ1) is 22.7. The van der Waals surface area contributed by atoms with Gasteiger partial charge < -0.3 is 17.4 Å². The summed E-state index contributed by atoms with van der Waals surface area (Å²) in [6.45, 7) is 5.03. The predicted octanol–water partition coefficient (Wildman–Crippen LogP) is 1.78. The molecule has 0 spiro atoms. The third kappa shape index (κ3) is 10.4. The van der Waals surface area contributed by atoms with Gasteiger partial charge in [0.05, 0.1) is 0 Å². The minimum Gasteiger partial charge on any atom is -0.478 e. The topological polar surface area (TPSA) is 107 Å². The van der Waals surface area contributed by atoms with Gasteiger partial charge >= 0.3 is 5.97 Å². The maximum absolute atomic E-state index is 9.83. The van der Waals surface area contributed by atoms with Crippen LogP contribution in [0.15, 0.2) is 12.2 Å². The SMILES string of the molecule is C=C(CC)C(=O)O.Cl.N.N. The van der Waals surface area contributed by atoms with Crippen molar-refractivity contribution in [3.05, 3.63) is 12.2 Å². The number of carboxylic acid groups (broad SMARTS) is 1. The lowest BCUT2D eigenvalue weighted by atomic mass is 10.2. The molecule has 0 aromatic carbocycles. The maximum Gasteiger partial charge on any atom is 0.330 e.